The van der Waals surface area contributed by atoms with Crippen LogP contribution in [0.25, 0.3) is 21.5 Å². The predicted octanol–water partition coefficient (Wildman–Crippen LogP) is 4.53. The highest BCUT2D eigenvalue weighted by Gasteiger charge is 2.43. The van der Waals surface area contributed by atoms with Crippen molar-refractivity contribution in [2.75, 3.05) is 19.1 Å². The van der Waals surface area contributed by atoms with Gasteiger partial charge in [-0.3, -0.25) is 14.6 Å². The van der Waals surface area contributed by atoms with Gasteiger partial charge < -0.3 is 25.0 Å². The minimum absolute atomic E-state index is 0.227. The van der Waals surface area contributed by atoms with Gasteiger partial charge in [0.2, 0.25) is 11.8 Å². The van der Waals surface area contributed by atoms with Crippen molar-refractivity contribution in [2.24, 2.45) is 0 Å². The molecule has 2 heterocycles. The second-order valence-electron chi connectivity index (χ2n) is 12.2. The summed E-state index contributed by atoms with van der Waals surface area (Å²) in [6, 6.07) is 27.6. The predicted molar refractivity (Wildman–Crippen MR) is 187 cm³/mol. The number of aromatic nitrogens is 1. The summed E-state index contributed by atoms with van der Waals surface area (Å²) < 4.78 is 10.1. The van der Waals surface area contributed by atoms with Crippen molar-refractivity contribution in [3.05, 3.63) is 121 Å². The van der Waals surface area contributed by atoms with E-state index in [2.05, 4.69) is 15.6 Å². The van der Waals surface area contributed by atoms with Crippen molar-refractivity contribution in [3.8, 4) is 0 Å². The quantitative estimate of drug-likeness (QED) is 0.198. The van der Waals surface area contributed by atoms with E-state index in [-0.39, 0.29) is 12.8 Å². The van der Waals surface area contributed by atoms with Crippen LogP contribution in [0.2, 0.25) is 0 Å². The minimum Gasteiger partial charge on any atom is -0.467 e. The third-order valence-electron chi connectivity index (χ3n) is 9.06. The van der Waals surface area contributed by atoms with Gasteiger partial charge in [0.15, 0.2) is 0 Å². The van der Waals surface area contributed by atoms with Crippen molar-refractivity contribution in [3.63, 3.8) is 0 Å². The fourth-order valence-corrected chi connectivity index (χ4v) is 6.61. The molecule has 0 saturated carbocycles. The number of hydrogen-bond donors (Lipinski definition) is 2. The third-order valence-corrected chi connectivity index (χ3v) is 9.06. The zero-order chi connectivity index (χ0) is 34.3. The van der Waals surface area contributed by atoms with Gasteiger partial charge in [-0.25, -0.2) is 9.59 Å². The molecule has 0 spiro atoms. The van der Waals surface area contributed by atoms with E-state index < -0.39 is 47.9 Å². The molecule has 6 rings (SSSR count). The maximum absolute atomic E-state index is 14.0. The summed E-state index contributed by atoms with van der Waals surface area (Å²) in [5.74, 6) is -1.97. The van der Waals surface area contributed by atoms with Crippen LogP contribution in [0, 0.1) is 0 Å². The van der Waals surface area contributed by atoms with E-state index in [1.165, 1.54) is 14.2 Å². The standard InChI is InChI=1S/C39H38N4O6/c1-48-38(46)32(23-25-11-13-27-7-3-5-9-29(27)21-25)41-36(44)34-15-16-35(43(34)31-17-19-40-20-18-31)37(45)42-33(39(47)49-2)24-26-12-14-28-8-4-6-10-30(28)22-26/h3-14,17-22,32-35H,15-16,23-24H2,1-2H3,(H,41,44)(H,42,45)/t32-,33-,34-,35-/m0/s1. The van der Waals surface area contributed by atoms with E-state index in [0.717, 1.165) is 32.7 Å². The number of carbonyl (C=O) groups is 4. The Kier molecular flexibility index (Phi) is 10.1. The minimum atomic E-state index is -0.948. The van der Waals surface area contributed by atoms with Crippen molar-refractivity contribution in [1.29, 1.82) is 0 Å². The number of hydrogen-bond acceptors (Lipinski definition) is 8. The Labute approximate surface area is 284 Å². The monoisotopic (exact) mass is 658 g/mol. The van der Waals surface area contributed by atoms with Crippen molar-refractivity contribution < 1.29 is 28.7 Å². The smallest absolute Gasteiger partial charge is 0.328 e. The van der Waals surface area contributed by atoms with Gasteiger partial charge in [0.25, 0.3) is 0 Å². The van der Waals surface area contributed by atoms with Gasteiger partial charge in [-0.05, 0) is 57.6 Å². The number of esters is 2. The second-order valence-corrected chi connectivity index (χ2v) is 12.2. The summed E-state index contributed by atoms with van der Waals surface area (Å²) in [7, 11) is 2.58. The molecule has 1 aliphatic heterocycles. The van der Waals surface area contributed by atoms with Crippen molar-refractivity contribution >= 4 is 51.0 Å². The first-order valence-corrected chi connectivity index (χ1v) is 16.2. The van der Waals surface area contributed by atoms with Crippen LogP contribution in [-0.2, 0) is 41.5 Å². The Bertz CT molecular complexity index is 1860. The maximum atomic E-state index is 14.0. The highest BCUT2D eigenvalue weighted by atomic mass is 16.5. The number of methoxy groups -OCH3 is 2. The molecule has 0 bridgehead atoms. The summed E-state index contributed by atoms with van der Waals surface area (Å²) in [5.41, 5.74) is 2.34. The van der Waals surface area contributed by atoms with Gasteiger partial charge in [0.1, 0.15) is 24.2 Å². The number of anilines is 1. The molecule has 10 heteroatoms. The van der Waals surface area contributed by atoms with E-state index in [0.29, 0.717) is 18.5 Å². The number of pyridine rings is 1. The molecule has 49 heavy (non-hydrogen) atoms. The SMILES string of the molecule is COC(=O)[C@H](Cc1ccc2ccccc2c1)NC(=O)[C@@H]1CC[C@@H](C(=O)N[C@@H](Cc2ccc3ccccc3c2)C(=O)OC)N1c1ccncc1. The van der Waals surface area contributed by atoms with Crippen LogP contribution in [0.5, 0.6) is 0 Å². The van der Waals surface area contributed by atoms with Crippen molar-refractivity contribution in [2.45, 2.75) is 49.9 Å². The van der Waals surface area contributed by atoms with E-state index in [9.17, 15) is 19.2 Å². The number of nitrogens with one attached hydrogen (secondary N) is 2. The molecule has 1 fully saturated rings. The van der Waals surface area contributed by atoms with E-state index in [1.54, 1.807) is 29.4 Å². The Morgan fingerprint density at radius 2 is 1.08 bits per heavy atom. The second kappa shape index (κ2) is 15.0. The zero-order valence-corrected chi connectivity index (χ0v) is 27.4. The molecule has 0 radical (unpaired) electrons. The lowest BCUT2D eigenvalue weighted by Gasteiger charge is -2.32. The number of ether oxygens (including phenoxy) is 2. The van der Waals surface area contributed by atoms with Gasteiger partial charge in [0.05, 0.1) is 14.2 Å². The van der Waals surface area contributed by atoms with E-state index in [1.807, 2.05) is 84.9 Å². The van der Waals surface area contributed by atoms with E-state index in [4.69, 9.17) is 9.47 Å². The number of benzene rings is 4. The van der Waals surface area contributed by atoms with Gasteiger partial charge >= 0.3 is 11.9 Å². The first kappa shape index (κ1) is 33.1. The number of amides is 2. The third kappa shape index (κ3) is 7.54. The molecule has 2 N–H and O–H groups in total. The normalized spacial score (nSPS) is 16.9. The largest absolute Gasteiger partial charge is 0.467 e. The molecule has 10 nitrogen and oxygen atoms in total. The first-order chi connectivity index (χ1) is 23.8. The summed E-state index contributed by atoms with van der Waals surface area (Å²) in [5, 5.41) is 9.99. The Balaban J connectivity index is 1.21. The molecule has 1 aromatic heterocycles. The molecule has 0 unspecified atom stereocenters. The lowest BCUT2D eigenvalue weighted by molar-refractivity contribution is -0.145. The summed E-state index contributed by atoms with van der Waals surface area (Å²) in [6.07, 6.45) is 4.31. The number of carbonyl (C=O) groups excluding carboxylic acids is 4. The fourth-order valence-electron chi connectivity index (χ4n) is 6.61. The molecule has 1 aliphatic rings. The van der Waals surface area contributed by atoms with Crippen LogP contribution in [0.4, 0.5) is 5.69 Å². The highest BCUT2D eigenvalue weighted by molar-refractivity contribution is 5.96. The molecular formula is C39H38N4O6. The van der Waals surface area contributed by atoms with Crippen molar-refractivity contribution in [1.82, 2.24) is 15.6 Å². The average molecular weight is 659 g/mol. The molecule has 4 atom stereocenters. The van der Waals surface area contributed by atoms with Gasteiger partial charge in [0, 0.05) is 30.9 Å². The molecule has 0 aliphatic carbocycles. The average Bonchev–Trinajstić information content (AvgIpc) is 3.60. The number of nitrogens with zero attached hydrogens (tertiary/aromatic N) is 2. The van der Waals surface area contributed by atoms with E-state index >= 15 is 0 Å². The van der Waals surface area contributed by atoms with Gasteiger partial charge in [-0.15, -0.1) is 0 Å². The number of rotatable bonds is 11. The fraction of sp³-hybridized carbons (Fsp3) is 0.256. The molecule has 250 valence electrons. The molecular weight excluding hydrogens is 620 g/mol. The maximum Gasteiger partial charge on any atom is 0.328 e. The Morgan fingerprint density at radius 3 is 1.51 bits per heavy atom. The lowest BCUT2D eigenvalue weighted by Crippen LogP contribution is -2.55. The molecule has 5 aromatic rings. The summed E-state index contributed by atoms with van der Waals surface area (Å²) in [6.45, 7) is 0. The number of fused-ring (bicyclic) bond motifs is 2. The highest BCUT2D eigenvalue weighted by Crippen LogP contribution is 2.31. The van der Waals surface area contributed by atoms with Gasteiger partial charge in [-0.2, -0.15) is 0 Å². The summed E-state index contributed by atoms with van der Waals surface area (Å²) >= 11 is 0. The van der Waals surface area contributed by atoms with Crippen LogP contribution in [0.15, 0.2) is 109 Å². The Morgan fingerprint density at radius 1 is 0.653 bits per heavy atom. The van der Waals surface area contributed by atoms with Crippen LogP contribution < -0.4 is 15.5 Å². The topological polar surface area (TPSA) is 127 Å². The van der Waals surface area contributed by atoms with Crippen LogP contribution in [-0.4, -0.2) is 67.1 Å². The first-order valence-electron chi connectivity index (χ1n) is 16.2. The summed E-state index contributed by atoms with van der Waals surface area (Å²) in [4.78, 5) is 59.6. The Hall–Kier alpha value is -5.77. The molecule has 1 saturated heterocycles. The van der Waals surface area contributed by atoms with Crippen LogP contribution in [0.3, 0.4) is 0 Å². The molecule has 4 aromatic carbocycles. The van der Waals surface area contributed by atoms with Gasteiger partial charge in [-0.1, -0.05) is 84.9 Å². The van der Waals surface area contributed by atoms with Crippen LogP contribution in [0.1, 0.15) is 24.0 Å². The molecule has 2 amide bonds. The lowest BCUT2D eigenvalue weighted by atomic mass is 10.0. The zero-order valence-electron chi connectivity index (χ0n) is 27.4. The van der Waals surface area contributed by atoms with Crippen LogP contribution >= 0.6 is 0 Å².